The van der Waals surface area contributed by atoms with E-state index >= 15 is 0 Å². The third-order valence-electron chi connectivity index (χ3n) is 3.94. The van der Waals surface area contributed by atoms with Crippen molar-refractivity contribution in [3.05, 3.63) is 66.1 Å². The van der Waals surface area contributed by atoms with Gasteiger partial charge in [0.15, 0.2) is 5.82 Å². The molecule has 140 valence electrons. The molecule has 1 aromatic carbocycles. The van der Waals surface area contributed by atoms with Crippen LogP contribution in [0.5, 0.6) is 0 Å². The van der Waals surface area contributed by atoms with Crippen molar-refractivity contribution >= 4 is 22.8 Å². The molecule has 3 aromatic heterocycles. The van der Waals surface area contributed by atoms with Crippen molar-refractivity contribution in [3.8, 4) is 11.4 Å². The quantitative estimate of drug-likeness (QED) is 0.562. The first-order valence-corrected chi connectivity index (χ1v) is 8.03. The fourth-order valence-corrected chi connectivity index (χ4v) is 2.72. The molecule has 0 spiro atoms. The molecule has 0 bridgehead atoms. The van der Waals surface area contributed by atoms with Crippen LogP contribution in [0.25, 0.3) is 22.4 Å². The smallest absolute Gasteiger partial charge is 0.337 e. The van der Waals surface area contributed by atoms with Gasteiger partial charge in [0.1, 0.15) is 11.3 Å². The zero-order valence-electron chi connectivity index (χ0n) is 14.0. The lowest BCUT2D eigenvalue weighted by Gasteiger charge is -2.10. The number of hydrogen-bond donors (Lipinski definition) is 2. The second kappa shape index (κ2) is 6.72. The fourth-order valence-electron chi connectivity index (χ4n) is 2.72. The molecular formula is C18H11F3N6O. The fraction of sp³-hybridized carbons (Fsp3) is 0.0556. The van der Waals surface area contributed by atoms with Crippen LogP contribution in [0.4, 0.5) is 19.0 Å². The molecule has 0 saturated heterocycles. The van der Waals surface area contributed by atoms with Crippen molar-refractivity contribution in [1.29, 1.82) is 0 Å². The first kappa shape index (κ1) is 17.6. The van der Waals surface area contributed by atoms with E-state index < -0.39 is 17.6 Å². The lowest BCUT2D eigenvalue weighted by Crippen LogP contribution is -2.14. The van der Waals surface area contributed by atoms with Gasteiger partial charge in [0.2, 0.25) is 0 Å². The van der Waals surface area contributed by atoms with Gasteiger partial charge in [-0.2, -0.15) is 18.3 Å². The van der Waals surface area contributed by atoms with Crippen molar-refractivity contribution in [2.24, 2.45) is 0 Å². The van der Waals surface area contributed by atoms with Gasteiger partial charge in [-0.1, -0.05) is 18.2 Å². The predicted octanol–water partition coefficient (Wildman–Crippen LogP) is 3.69. The SMILES string of the molecule is O=C(Nc1cccnn1)c1cncc2[nH]c(-c3ccccc3C(F)(F)F)nc12. The van der Waals surface area contributed by atoms with E-state index in [2.05, 4.69) is 30.5 Å². The number of benzene rings is 1. The maximum atomic E-state index is 13.3. The number of pyridine rings is 1. The zero-order chi connectivity index (χ0) is 19.7. The minimum atomic E-state index is -4.54. The number of H-pyrrole nitrogens is 1. The predicted molar refractivity (Wildman–Crippen MR) is 94.3 cm³/mol. The minimum absolute atomic E-state index is 0.00974. The molecule has 28 heavy (non-hydrogen) atoms. The summed E-state index contributed by atoms with van der Waals surface area (Å²) in [6.07, 6.45) is -0.411. The summed E-state index contributed by atoms with van der Waals surface area (Å²) in [5.41, 5.74) is -0.323. The zero-order valence-corrected chi connectivity index (χ0v) is 14.0. The molecule has 10 heteroatoms. The number of hydrogen-bond acceptors (Lipinski definition) is 5. The summed E-state index contributed by atoms with van der Waals surface area (Å²) in [6.45, 7) is 0. The van der Waals surface area contributed by atoms with E-state index in [1.54, 1.807) is 12.1 Å². The number of fused-ring (bicyclic) bond motifs is 1. The number of nitrogens with one attached hydrogen (secondary N) is 2. The molecular weight excluding hydrogens is 373 g/mol. The van der Waals surface area contributed by atoms with Crippen molar-refractivity contribution in [1.82, 2.24) is 25.1 Å². The Kier molecular flexibility index (Phi) is 4.22. The standard InChI is InChI=1S/C18H11F3N6O/c19-18(20,21)12-5-2-1-4-10(12)16-24-13-9-22-8-11(15(13)26-16)17(28)25-14-6-3-7-23-27-14/h1-9H,(H,24,26)(H,25,27,28). The molecule has 7 nitrogen and oxygen atoms in total. The molecule has 3 heterocycles. The molecule has 0 saturated carbocycles. The topological polar surface area (TPSA) is 96.5 Å². The van der Waals surface area contributed by atoms with Crippen LogP contribution in [0.15, 0.2) is 55.0 Å². The van der Waals surface area contributed by atoms with Gasteiger partial charge in [-0.25, -0.2) is 4.98 Å². The molecule has 4 rings (SSSR count). The summed E-state index contributed by atoms with van der Waals surface area (Å²) in [4.78, 5) is 23.5. The van der Waals surface area contributed by atoms with Crippen LogP contribution < -0.4 is 5.32 Å². The number of amides is 1. The molecule has 0 fully saturated rings. The Labute approximate surface area is 155 Å². The molecule has 2 N–H and O–H groups in total. The van der Waals surface area contributed by atoms with Gasteiger partial charge in [-0.05, 0) is 18.2 Å². The van der Waals surface area contributed by atoms with Gasteiger partial charge >= 0.3 is 6.18 Å². The first-order chi connectivity index (χ1) is 13.4. The maximum Gasteiger partial charge on any atom is 0.417 e. The number of nitrogens with zero attached hydrogens (tertiary/aromatic N) is 4. The Hall–Kier alpha value is -3.82. The number of aromatic nitrogens is 5. The van der Waals surface area contributed by atoms with Crippen molar-refractivity contribution < 1.29 is 18.0 Å². The van der Waals surface area contributed by atoms with Crippen LogP contribution in [-0.2, 0) is 6.18 Å². The third kappa shape index (κ3) is 3.27. The van der Waals surface area contributed by atoms with Crippen molar-refractivity contribution in [2.45, 2.75) is 6.18 Å². The monoisotopic (exact) mass is 384 g/mol. The van der Waals surface area contributed by atoms with Crippen molar-refractivity contribution in [3.63, 3.8) is 0 Å². The summed E-state index contributed by atoms with van der Waals surface area (Å²) < 4.78 is 39.9. The van der Waals surface area contributed by atoms with E-state index in [1.807, 2.05) is 0 Å². The normalized spacial score (nSPS) is 11.5. The Morgan fingerprint density at radius 3 is 2.64 bits per heavy atom. The van der Waals surface area contributed by atoms with Crippen LogP contribution in [0.1, 0.15) is 15.9 Å². The largest absolute Gasteiger partial charge is 0.417 e. The molecule has 0 aliphatic carbocycles. The Morgan fingerprint density at radius 2 is 1.89 bits per heavy atom. The first-order valence-electron chi connectivity index (χ1n) is 8.03. The number of aromatic amines is 1. The molecule has 1 amide bonds. The van der Waals surface area contributed by atoms with Crippen LogP contribution in [0.2, 0.25) is 0 Å². The van der Waals surface area contributed by atoms with E-state index in [0.717, 1.165) is 6.07 Å². The molecule has 0 radical (unpaired) electrons. The van der Waals surface area contributed by atoms with E-state index in [0.29, 0.717) is 5.52 Å². The van der Waals surface area contributed by atoms with E-state index in [-0.39, 0.29) is 28.3 Å². The maximum absolute atomic E-state index is 13.3. The highest BCUT2D eigenvalue weighted by Crippen LogP contribution is 2.36. The molecule has 0 aliphatic heterocycles. The number of rotatable bonds is 3. The lowest BCUT2D eigenvalue weighted by molar-refractivity contribution is -0.137. The average Bonchev–Trinajstić information content (AvgIpc) is 3.12. The average molecular weight is 384 g/mol. The van der Waals surface area contributed by atoms with Crippen LogP contribution in [0.3, 0.4) is 0 Å². The summed E-state index contributed by atoms with van der Waals surface area (Å²) >= 11 is 0. The third-order valence-corrected chi connectivity index (χ3v) is 3.94. The van der Waals surface area contributed by atoms with Gasteiger partial charge in [-0.15, -0.1) is 5.10 Å². The number of carbonyl (C=O) groups excluding carboxylic acids is 1. The Bertz CT molecular complexity index is 1160. The number of alkyl halides is 3. The van der Waals surface area contributed by atoms with Crippen LogP contribution in [0, 0.1) is 0 Å². The van der Waals surface area contributed by atoms with Gasteiger partial charge < -0.3 is 10.3 Å². The van der Waals surface area contributed by atoms with Crippen LogP contribution in [-0.4, -0.2) is 31.1 Å². The molecule has 4 aromatic rings. The molecule has 0 aliphatic rings. The Balaban J connectivity index is 1.78. The lowest BCUT2D eigenvalue weighted by atomic mass is 10.1. The van der Waals surface area contributed by atoms with Gasteiger partial charge in [0.25, 0.3) is 5.91 Å². The number of anilines is 1. The minimum Gasteiger partial charge on any atom is -0.337 e. The highest BCUT2D eigenvalue weighted by atomic mass is 19.4. The van der Waals surface area contributed by atoms with E-state index in [9.17, 15) is 18.0 Å². The summed E-state index contributed by atoms with van der Waals surface area (Å²) in [7, 11) is 0. The Morgan fingerprint density at radius 1 is 1.07 bits per heavy atom. The number of carbonyl (C=O) groups is 1. The second-order valence-electron chi connectivity index (χ2n) is 5.78. The highest BCUT2D eigenvalue weighted by Gasteiger charge is 2.34. The van der Waals surface area contributed by atoms with Gasteiger partial charge in [-0.3, -0.25) is 9.78 Å². The number of imidazole rings is 1. The molecule has 0 unspecified atom stereocenters. The molecule has 0 atom stereocenters. The second-order valence-corrected chi connectivity index (χ2v) is 5.78. The van der Waals surface area contributed by atoms with Gasteiger partial charge in [0.05, 0.1) is 22.8 Å². The summed E-state index contributed by atoms with van der Waals surface area (Å²) in [6, 6.07) is 8.22. The van der Waals surface area contributed by atoms with Crippen LogP contribution >= 0.6 is 0 Å². The van der Waals surface area contributed by atoms with Gasteiger partial charge in [0, 0.05) is 18.0 Å². The van der Waals surface area contributed by atoms with E-state index in [1.165, 1.54) is 36.8 Å². The van der Waals surface area contributed by atoms with Crippen molar-refractivity contribution in [2.75, 3.05) is 5.32 Å². The van der Waals surface area contributed by atoms with E-state index in [4.69, 9.17) is 0 Å². The summed E-state index contributed by atoms with van der Waals surface area (Å²) in [5.74, 6) is -0.340. The highest BCUT2D eigenvalue weighted by molar-refractivity contribution is 6.11. The summed E-state index contributed by atoms with van der Waals surface area (Å²) in [5, 5.41) is 9.97. The number of halogens is 3.